The Labute approximate surface area is 142 Å². The van der Waals surface area contributed by atoms with Crippen LogP contribution in [0.5, 0.6) is 0 Å². The molecule has 5 heteroatoms. The van der Waals surface area contributed by atoms with Crippen molar-refractivity contribution in [3.63, 3.8) is 0 Å². The molecule has 0 N–H and O–H groups in total. The smallest absolute Gasteiger partial charge is 0.338 e. The van der Waals surface area contributed by atoms with Crippen LogP contribution in [0.4, 0.5) is 13.2 Å². The van der Waals surface area contributed by atoms with Crippen LogP contribution in [0.3, 0.4) is 0 Å². The van der Waals surface area contributed by atoms with Crippen molar-refractivity contribution >= 4 is 12.0 Å². The fraction of sp³-hybridized carbons (Fsp3) is 0.526. The summed E-state index contributed by atoms with van der Waals surface area (Å²) in [4.78, 5) is 13.3. The van der Waals surface area contributed by atoms with Crippen LogP contribution in [0, 0.1) is 0 Å². The molecule has 0 saturated heterocycles. The standard InChI is InChI=1S/C19H26F3NO/c1-5-23(6-2)17(24)19(21,22)16(12-13-18(3,4)20)14-15-10-8-7-9-11-15/h7-11,14H,5-6,12-13H2,1-4H3/b16-14-. The van der Waals surface area contributed by atoms with Gasteiger partial charge in [-0.15, -0.1) is 0 Å². The van der Waals surface area contributed by atoms with E-state index in [0.29, 0.717) is 5.56 Å². The Morgan fingerprint density at radius 1 is 1.08 bits per heavy atom. The van der Waals surface area contributed by atoms with Gasteiger partial charge in [0.2, 0.25) is 0 Å². The molecule has 0 radical (unpaired) electrons. The molecule has 1 rings (SSSR count). The fourth-order valence-corrected chi connectivity index (χ4v) is 2.35. The lowest BCUT2D eigenvalue weighted by atomic mass is 9.94. The summed E-state index contributed by atoms with van der Waals surface area (Å²) in [6, 6.07) is 8.60. The van der Waals surface area contributed by atoms with Crippen LogP contribution >= 0.6 is 0 Å². The van der Waals surface area contributed by atoms with E-state index in [0.717, 1.165) is 4.90 Å². The average molecular weight is 341 g/mol. The molecule has 24 heavy (non-hydrogen) atoms. The molecule has 0 bridgehead atoms. The summed E-state index contributed by atoms with van der Waals surface area (Å²) in [7, 11) is 0. The van der Waals surface area contributed by atoms with Crippen molar-refractivity contribution in [2.75, 3.05) is 13.1 Å². The van der Waals surface area contributed by atoms with Gasteiger partial charge in [-0.1, -0.05) is 30.3 Å². The summed E-state index contributed by atoms with van der Waals surface area (Å²) in [5.41, 5.74) is -1.36. The van der Waals surface area contributed by atoms with Crippen molar-refractivity contribution in [1.29, 1.82) is 0 Å². The molecule has 0 heterocycles. The van der Waals surface area contributed by atoms with Gasteiger partial charge < -0.3 is 4.90 Å². The van der Waals surface area contributed by atoms with Gasteiger partial charge in [-0.05, 0) is 52.2 Å². The number of alkyl halides is 3. The fourth-order valence-electron chi connectivity index (χ4n) is 2.35. The van der Waals surface area contributed by atoms with Gasteiger partial charge in [0.15, 0.2) is 0 Å². The molecule has 0 atom stereocenters. The summed E-state index contributed by atoms with van der Waals surface area (Å²) < 4.78 is 43.4. The van der Waals surface area contributed by atoms with E-state index in [-0.39, 0.29) is 31.5 Å². The van der Waals surface area contributed by atoms with Crippen LogP contribution in [0.15, 0.2) is 35.9 Å². The Bertz CT molecular complexity index is 558. The molecule has 0 aromatic heterocycles. The Balaban J connectivity index is 3.20. The quantitative estimate of drug-likeness (QED) is 0.644. The Morgan fingerprint density at radius 3 is 2.08 bits per heavy atom. The largest absolute Gasteiger partial charge is 0.346 e. The highest BCUT2D eigenvalue weighted by Gasteiger charge is 2.45. The molecule has 0 unspecified atom stereocenters. The molecule has 0 aliphatic heterocycles. The number of carbonyl (C=O) groups is 1. The van der Waals surface area contributed by atoms with Crippen LogP contribution in [0.25, 0.3) is 6.08 Å². The van der Waals surface area contributed by atoms with E-state index in [4.69, 9.17) is 0 Å². The van der Waals surface area contributed by atoms with Gasteiger partial charge in [0.05, 0.1) is 0 Å². The molecule has 1 aromatic carbocycles. The Morgan fingerprint density at radius 2 is 1.62 bits per heavy atom. The third-order valence-corrected chi connectivity index (χ3v) is 3.85. The maximum Gasteiger partial charge on any atom is 0.346 e. The molecular formula is C19H26F3NO. The number of hydrogen-bond donors (Lipinski definition) is 0. The van der Waals surface area contributed by atoms with E-state index in [9.17, 15) is 18.0 Å². The van der Waals surface area contributed by atoms with E-state index >= 15 is 0 Å². The van der Waals surface area contributed by atoms with E-state index in [1.165, 1.54) is 19.9 Å². The molecule has 2 nitrogen and oxygen atoms in total. The van der Waals surface area contributed by atoms with Crippen molar-refractivity contribution < 1.29 is 18.0 Å². The first-order chi connectivity index (χ1) is 11.1. The number of benzene rings is 1. The Kier molecular flexibility index (Phi) is 7.06. The first-order valence-electron chi connectivity index (χ1n) is 8.24. The predicted molar refractivity (Wildman–Crippen MR) is 91.7 cm³/mol. The second-order valence-electron chi connectivity index (χ2n) is 6.35. The lowest BCUT2D eigenvalue weighted by molar-refractivity contribution is -0.152. The molecule has 0 fully saturated rings. The third kappa shape index (κ3) is 5.69. The second kappa shape index (κ2) is 8.36. The van der Waals surface area contributed by atoms with Gasteiger partial charge in [-0.3, -0.25) is 4.79 Å². The SMILES string of the molecule is CCN(CC)C(=O)C(F)(F)/C(=C\c1ccccc1)CCC(C)(C)F. The highest BCUT2D eigenvalue weighted by atomic mass is 19.3. The summed E-state index contributed by atoms with van der Waals surface area (Å²) in [5, 5.41) is 0. The van der Waals surface area contributed by atoms with Crippen molar-refractivity contribution in [2.24, 2.45) is 0 Å². The zero-order chi connectivity index (χ0) is 18.4. The van der Waals surface area contributed by atoms with E-state index in [1.54, 1.807) is 44.2 Å². The number of hydrogen-bond acceptors (Lipinski definition) is 1. The number of carbonyl (C=O) groups excluding carboxylic acids is 1. The van der Waals surface area contributed by atoms with Crippen LogP contribution in [-0.4, -0.2) is 35.5 Å². The molecule has 0 saturated carbocycles. The molecule has 0 aliphatic carbocycles. The molecule has 1 amide bonds. The average Bonchev–Trinajstić information content (AvgIpc) is 2.52. The maximum atomic E-state index is 14.8. The highest BCUT2D eigenvalue weighted by molar-refractivity contribution is 5.88. The van der Waals surface area contributed by atoms with Gasteiger partial charge >= 0.3 is 5.92 Å². The lowest BCUT2D eigenvalue weighted by Gasteiger charge is -2.27. The molecular weight excluding hydrogens is 315 g/mol. The van der Waals surface area contributed by atoms with Crippen LogP contribution in [0.1, 0.15) is 46.1 Å². The minimum atomic E-state index is -3.65. The highest BCUT2D eigenvalue weighted by Crippen LogP contribution is 2.34. The maximum absolute atomic E-state index is 14.8. The van der Waals surface area contributed by atoms with Gasteiger partial charge in [0.25, 0.3) is 5.91 Å². The molecule has 134 valence electrons. The first kappa shape index (κ1) is 20.3. The number of rotatable bonds is 8. The van der Waals surface area contributed by atoms with Crippen LogP contribution in [-0.2, 0) is 4.79 Å². The second-order valence-corrected chi connectivity index (χ2v) is 6.35. The third-order valence-electron chi connectivity index (χ3n) is 3.85. The number of halogens is 3. The van der Waals surface area contributed by atoms with E-state index < -0.39 is 17.5 Å². The summed E-state index contributed by atoms with van der Waals surface area (Å²) >= 11 is 0. The molecule has 0 spiro atoms. The van der Waals surface area contributed by atoms with Crippen molar-refractivity contribution in [1.82, 2.24) is 4.90 Å². The molecule has 1 aromatic rings. The van der Waals surface area contributed by atoms with Crippen LogP contribution < -0.4 is 0 Å². The minimum Gasteiger partial charge on any atom is -0.338 e. The normalized spacial score (nSPS) is 13.0. The van der Waals surface area contributed by atoms with Crippen molar-refractivity contribution in [3.05, 3.63) is 41.5 Å². The first-order valence-corrected chi connectivity index (χ1v) is 8.24. The van der Waals surface area contributed by atoms with Crippen molar-refractivity contribution in [3.8, 4) is 0 Å². The van der Waals surface area contributed by atoms with Crippen molar-refractivity contribution in [2.45, 2.75) is 52.1 Å². The zero-order valence-electron chi connectivity index (χ0n) is 14.8. The van der Waals surface area contributed by atoms with Gasteiger partial charge in [-0.25, -0.2) is 4.39 Å². The van der Waals surface area contributed by atoms with Gasteiger partial charge in [0.1, 0.15) is 5.67 Å². The Hall–Kier alpha value is -1.78. The zero-order valence-corrected chi connectivity index (χ0v) is 14.8. The van der Waals surface area contributed by atoms with Crippen LogP contribution in [0.2, 0.25) is 0 Å². The van der Waals surface area contributed by atoms with E-state index in [2.05, 4.69) is 0 Å². The summed E-state index contributed by atoms with van der Waals surface area (Å²) in [6.07, 6.45) is 1.04. The molecule has 0 aliphatic rings. The predicted octanol–water partition coefficient (Wildman–Crippen LogP) is 5.10. The van der Waals surface area contributed by atoms with Gasteiger partial charge in [-0.2, -0.15) is 8.78 Å². The van der Waals surface area contributed by atoms with Gasteiger partial charge in [0, 0.05) is 18.7 Å². The van der Waals surface area contributed by atoms with E-state index in [1.807, 2.05) is 0 Å². The summed E-state index contributed by atoms with van der Waals surface area (Å²) in [6.45, 7) is 6.41. The summed E-state index contributed by atoms with van der Waals surface area (Å²) in [5.74, 6) is -4.88. The lowest BCUT2D eigenvalue weighted by Crippen LogP contribution is -2.44. The topological polar surface area (TPSA) is 20.3 Å². The monoisotopic (exact) mass is 341 g/mol. The number of amides is 1. The number of nitrogens with zero attached hydrogens (tertiary/aromatic N) is 1. The minimum absolute atomic E-state index is 0.0766.